The minimum atomic E-state index is 0.896. The van der Waals surface area contributed by atoms with Crippen LogP contribution in [0.2, 0.25) is 0 Å². The zero-order valence-corrected chi connectivity index (χ0v) is 8.32. The van der Waals surface area contributed by atoms with Gasteiger partial charge in [0, 0.05) is 0 Å². The van der Waals surface area contributed by atoms with E-state index in [2.05, 4.69) is 27.4 Å². The van der Waals surface area contributed by atoms with Crippen molar-refractivity contribution >= 4 is 0 Å². The highest BCUT2D eigenvalue weighted by molar-refractivity contribution is 4.89. The van der Waals surface area contributed by atoms with E-state index >= 15 is 0 Å². The molecule has 0 spiro atoms. The summed E-state index contributed by atoms with van der Waals surface area (Å²) in [6, 6.07) is 0. The van der Waals surface area contributed by atoms with Crippen molar-refractivity contribution in [3.8, 4) is 0 Å². The van der Waals surface area contributed by atoms with Crippen molar-refractivity contribution in [2.24, 2.45) is 5.92 Å². The standard InChI is InChI=1S/C11H22/c1-5-7-8-11(6-2)9-10(3)4/h11H,3,5-9H2,1-2,4H3. The van der Waals surface area contributed by atoms with Crippen LogP contribution in [0.1, 0.15) is 52.9 Å². The molecule has 0 aromatic carbocycles. The Morgan fingerprint density at radius 1 is 1.36 bits per heavy atom. The molecule has 1 unspecified atom stereocenters. The van der Waals surface area contributed by atoms with Crippen molar-refractivity contribution in [1.29, 1.82) is 0 Å². The van der Waals surface area contributed by atoms with Crippen LogP contribution in [0.15, 0.2) is 12.2 Å². The summed E-state index contributed by atoms with van der Waals surface area (Å²) in [5.74, 6) is 0.896. The first-order valence-corrected chi connectivity index (χ1v) is 4.85. The Kier molecular flexibility index (Phi) is 6.30. The largest absolute Gasteiger partial charge is 0.100 e. The third kappa shape index (κ3) is 6.15. The molecule has 0 amide bonds. The Bertz CT molecular complexity index is 103. The van der Waals surface area contributed by atoms with E-state index in [4.69, 9.17) is 0 Å². The summed E-state index contributed by atoms with van der Waals surface area (Å²) < 4.78 is 0. The van der Waals surface area contributed by atoms with Gasteiger partial charge in [0.2, 0.25) is 0 Å². The van der Waals surface area contributed by atoms with Crippen molar-refractivity contribution < 1.29 is 0 Å². The van der Waals surface area contributed by atoms with Gasteiger partial charge in [-0.05, 0) is 19.3 Å². The molecular formula is C11H22. The summed E-state index contributed by atoms with van der Waals surface area (Å²) in [5.41, 5.74) is 1.34. The molecule has 0 heterocycles. The maximum atomic E-state index is 3.95. The van der Waals surface area contributed by atoms with Gasteiger partial charge in [-0.3, -0.25) is 0 Å². The summed E-state index contributed by atoms with van der Waals surface area (Å²) in [6.45, 7) is 10.6. The van der Waals surface area contributed by atoms with Crippen LogP contribution in [0.25, 0.3) is 0 Å². The average molecular weight is 154 g/mol. The summed E-state index contributed by atoms with van der Waals surface area (Å²) in [7, 11) is 0. The minimum absolute atomic E-state index is 0.896. The van der Waals surface area contributed by atoms with Crippen LogP contribution in [0.5, 0.6) is 0 Å². The van der Waals surface area contributed by atoms with Gasteiger partial charge in [0.05, 0.1) is 0 Å². The van der Waals surface area contributed by atoms with E-state index in [-0.39, 0.29) is 0 Å². The van der Waals surface area contributed by atoms with Crippen LogP contribution in [0, 0.1) is 5.92 Å². The molecule has 66 valence electrons. The van der Waals surface area contributed by atoms with Crippen LogP contribution < -0.4 is 0 Å². The first kappa shape index (κ1) is 10.7. The van der Waals surface area contributed by atoms with Crippen molar-refractivity contribution in [2.45, 2.75) is 52.9 Å². The van der Waals surface area contributed by atoms with Gasteiger partial charge < -0.3 is 0 Å². The monoisotopic (exact) mass is 154 g/mol. The minimum Gasteiger partial charge on any atom is -0.100 e. The Morgan fingerprint density at radius 2 is 2.00 bits per heavy atom. The maximum absolute atomic E-state index is 3.95. The van der Waals surface area contributed by atoms with E-state index in [1.54, 1.807) is 0 Å². The third-order valence-electron chi connectivity index (χ3n) is 2.18. The highest BCUT2D eigenvalue weighted by atomic mass is 14.1. The van der Waals surface area contributed by atoms with Gasteiger partial charge >= 0.3 is 0 Å². The van der Waals surface area contributed by atoms with Crippen molar-refractivity contribution in [1.82, 2.24) is 0 Å². The Labute approximate surface area is 71.7 Å². The fourth-order valence-electron chi connectivity index (χ4n) is 1.44. The van der Waals surface area contributed by atoms with Gasteiger partial charge in [0.25, 0.3) is 0 Å². The highest BCUT2D eigenvalue weighted by Crippen LogP contribution is 2.19. The topological polar surface area (TPSA) is 0 Å². The fraction of sp³-hybridized carbons (Fsp3) is 0.818. The SMILES string of the molecule is C=C(C)CC(CC)CCCC. The highest BCUT2D eigenvalue weighted by Gasteiger charge is 2.04. The molecule has 0 aromatic rings. The lowest BCUT2D eigenvalue weighted by atomic mass is 9.93. The second-order valence-electron chi connectivity index (χ2n) is 3.58. The van der Waals surface area contributed by atoms with E-state index in [1.165, 1.54) is 37.7 Å². The van der Waals surface area contributed by atoms with E-state index in [1.807, 2.05) is 0 Å². The molecule has 0 aliphatic heterocycles. The lowest BCUT2D eigenvalue weighted by Crippen LogP contribution is -1.98. The molecule has 0 bridgehead atoms. The van der Waals surface area contributed by atoms with Crippen LogP contribution >= 0.6 is 0 Å². The van der Waals surface area contributed by atoms with Crippen LogP contribution in [0.3, 0.4) is 0 Å². The quantitative estimate of drug-likeness (QED) is 0.504. The Hall–Kier alpha value is -0.260. The molecule has 0 N–H and O–H groups in total. The number of hydrogen-bond donors (Lipinski definition) is 0. The molecule has 0 heteroatoms. The van der Waals surface area contributed by atoms with Crippen LogP contribution in [0.4, 0.5) is 0 Å². The Balaban J connectivity index is 3.49. The first-order chi connectivity index (χ1) is 5.20. The van der Waals surface area contributed by atoms with Crippen LogP contribution in [-0.4, -0.2) is 0 Å². The number of allylic oxidation sites excluding steroid dienone is 1. The molecule has 0 aromatic heterocycles. The molecule has 0 radical (unpaired) electrons. The molecule has 0 saturated carbocycles. The predicted molar refractivity (Wildman–Crippen MR) is 52.7 cm³/mol. The van der Waals surface area contributed by atoms with E-state index in [0.717, 1.165) is 5.92 Å². The number of rotatable bonds is 6. The fourth-order valence-corrected chi connectivity index (χ4v) is 1.44. The zero-order chi connectivity index (χ0) is 8.69. The normalized spacial score (nSPS) is 13.0. The lowest BCUT2D eigenvalue weighted by molar-refractivity contribution is 0.448. The van der Waals surface area contributed by atoms with Gasteiger partial charge in [-0.25, -0.2) is 0 Å². The molecule has 0 aliphatic rings. The average Bonchev–Trinajstić information content (AvgIpc) is 1.97. The van der Waals surface area contributed by atoms with Gasteiger partial charge in [-0.1, -0.05) is 45.1 Å². The summed E-state index contributed by atoms with van der Waals surface area (Å²) in [6.07, 6.45) is 6.64. The number of unbranched alkanes of at least 4 members (excludes halogenated alkanes) is 1. The smallest absolute Gasteiger partial charge is 0.0297 e. The number of hydrogen-bond acceptors (Lipinski definition) is 0. The summed E-state index contributed by atoms with van der Waals surface area (Å²) in [4.78, 5) is 0. The molecule has 1 atom stereocenters. The first-order valence-electron chi connectivity index (χ1n) is 4.85. The molecule has 0 nitrogen and oxygen atoms in total. The molecule has 11 heavy (non-hydrogen) atoms. The van der Waals surface area contributed by atoms with Crippen molar-refractivity contribution in [3.63, 3.8) is 0 Å². The third-order valence-corrected chi connectivity index (χ3v) is 2.18. The predicted octanol–water partition coefficient (Wildman–Crippen LogP) is 4.17. The maximum Gasteiger partial charge on any atom is -0.0297 e. The second-order valence-corrected chi connectivity index (χ2v) is 3.58. The molecular weight excluding hydrogens is 132 g/mol. The molecule has 0 aliphatic carbocycles. The van der Waals surface area contributed by atoms with Gasteiger partial charge in [-0.15, -0.1) is 6.58 Å². The summed E-state index contributed by atoms with van der Waals surface area (Å²) >= 11 is 0. The molecule has 0 rings (SSSR count). The summed E-state index contributed by atoms with van der Waals surface area (Å²) in [5, 5.41) is 0. The van der Waals surface area contributed by atoms with E-state index in [0.29, 0.717) is 0 Å². The Morgan fingerprint density at radius 3 is 2.36 bits per heavy atom. The molecule has 0 saturated heterocycles. The van der Waals surface area contributed by atoms with Crippen molar-refractivity contribution in [3.05, 3.63) is 12.2 Å². The van der Waals surface area contributed by atoms with Gasteiger partial charge in [-0.2, -0.15) is 0 Å². The lowest BCUT2D eigenvalue weighted by Gasteiger charge is -2.13. The van der Waals surface area contributed by atoms with Gasteiger partial charge in [0.1, 0.15) is 0 Å². The molecule has 0 fully saturated rings. The van der Waals surface area contributed by atoms with E-state index < -0.39 is 0 Å². The van der Waals surface area contributed by atoms with E-state index in [9.17, 15) is 0 Å². The van der Waals surface area contributed by atoms with Gasteiger partial charge in [0.15, 0.2) is 0 Å². The zero-order valence-electron chi connectivity index (χ0n) is 8.32. The van der Waals surface area contributed by atoms with Crippen LogP contribution in [-0.2, 0) is 0 Å². The van der Waals surface area contributed by atoms with Crippen molar-refractivity contribution in [2.75, 3.05) is 0 Å². The second kappa shape index (κ2) is 6.45.